The molecular formula is C12H17O6P. The SMILES string of the molecule is CC(Cc1ccc(OP(=O)(O)O)cc1)C(=O)CCO. The van der Waals surface area contributed by atoms with E-state index in [2.05, 4.69) is 4.52 Å². The Labute approximate surface area is 111 Å². The quantitative estimate of drug-likeness (QED) is 0.653. The van der Waals surface area contributed by atoms with Crippen molar-refractivity contribution in [2.45, 2.75) is 19.8 Å². The Balaban J connectivity index is 2.62. The lowest BCUT2D eigenvalue weighted by Gasteiger charge is -2.11. The van der Waals surface area contributed by atoms with E-state index in [4.69, 9.17) is 14.9 Å². The summed E-state index contributed by atoms with van der Waals surface area (Å²) in [5, 5.41) is 8.68. The Bertz CT molecular complexity index is 464. The zero-order valence-corrected chi connectivity index (χ0v) is 11.4. The fraction of sp³-hybridized carbons (Fsp3) is 0.417. The zero-order chi connectivity index (χ0) is 14.5. The third-order valence-corrected chi connectivity index (χ3v) is 3.05. The lowest BCUT2D eigenvalue weighted by atomic mass is 9.95. The van der Waals surface area contributed by atoms with Gasteiger partial charge in [0.15, 0.2) is 0 Å². The van der Waals surface area contributed by atoms with Crippen molar-refractivity contribution in [1.82, 2.24) is 0 Å². The van der Waals surface area contributed by atoms with Crippen LogP contribution in [-0.2, 0) is 15.8 Å². The van der Waals surface area contributed by atoms with Crippen molar-refractivity contribution >= 4 is 13.6 Å². The molecule has 1 atom stereocenters. The van der Waals surface area contributed by atoms with Gasteiger partial charge in [-0.3, -0.25) is 14.6 Å². The van der Waals surface area contributed by atoms with Crippen LogP contribution < -0.4 is 4.52 Å². The lowest BCUT2D eigenvalue weighted by Crippen LogP contribution is -2.14. The van der Waals surface area contributed by atoms with Crippen LogP contribution in [0.1, 0.15) is 18.9 Å². The molecular weight excluding hydrogens is 271 g/mol. The number of aliphatic hydroxyl groups is 1. The van der Waals surface area contributed by atoms with Crippen LogP contribution >= 0.6 is 7.82 Å². The third-order valence-electron chi connectivity index (χ3n) is 2.60. The normalized spacial score (nSPS) is 13.1. The first-order valence-corrected chi connectivity index (χ1v) is 7.32. The predicted octanol–water partition coefficient (Wildman–Crippen LogP) is 1.29. The molecule has 19 heavy (non-hydrogen) atoms. The first-order chi connectivity index (χ1) is 8.81. The van der Waals surface area contributed by atoms with Crippen LogP contribution in [0.5, 0.6) is 5.75 Å². The van der Waals surface area contributed by atoms with Gasteiger partial charge in [-0.1, -0.05) is 19.1 Å². The van der Waals surface area contributed by atoms with Crippen LogP contribution in [0, 0.1) is 5.92 Å². The summed E-state index contributed by atoms with van der Waals surface area (Å²) in [6.07, 6.45) is 0.648. The summed E-state index contributed by atoms with van der Waals surface area (Å²) in [5.74, 6) is -0.148. The highest BCUT2D eigenvalue weighted by Crippen LogP contribution is 2.37. The van der Waals surface area contributed by atoms with Gasteiger partial charge in [0, 0.05) is 18.9 Å². The Morgan fingerprint density at radius 2 is 1.89 bits per heavy atom. The van der Waals surface area contributed by atoms with E-state index in [1.54, 1.807) is 19.1 Å². The molecule has 1 aromatic rings. The summed E-state index contributed by atoms with van der Waals surface area (Å²) >= 11 is 0. The largest absolute Gasteiger partial charge is 0.524 e. The van der Waals surface area contributed by atoms with Crippen molar-refractivity contribution in [3.8, 4) is 5.75 Å². The standard InChI is InChI=1S/C12H17O6P/c1-9(12(14)6-7-13)8-10-2-4-11(5-3-10)18-19(15,16)17/h2-5,9,13H,6-8H2,1H3,(H2,15,16,17). The molecule has 1 unspecified atom stereocenters. The van der Waals surface area contributed by atoms with Crippen molar-refractivity contribution in [3.05, 3.63) is 29.8 Å². The van der Waals surface area contributed by atoms with E-state index in [1.165, 1.54) is 12.1 Å². The third kappa shape index (κ3) is 5.98. The predicted molar refractivity (Wildman–Crippen MR) is 68.7 cm³/mol. The zero-order valence-electron chi connectivity index (χ0n) is 10.5. The summed E-state index contributed by atoms with van der Waals surface area (Å²) in [4.78, 5) is 28.8. The van der Waals surface area contributed by atoms with Crippen LogP contribution in [0.25, 0.3) is 0 Å². The maximum Gasteiger partial charge on any atom is 0.524 e. The minimum atomic E-state index is -4.54. The van der Waals surface area contributed by atoms with Gasteiger partial charge < -0.3 is 9.63 Å². The highest BCUT2D eigenvalue weighted by Gasteiger charge is 2.16. The number of hydrogen-bond donors (Lipinski definition) is 3. The van der Waals surface area contributed by atoms with E-state index in [1.807, 2.05) is 0 Å². The van der Waals surface area contributed by atoms with Crippen molar-refractivity contribution < 1.29 is 28.8 Å². The fourth-order valence-electron chi connectivity index (χ4n) is 1.65. The molecule has 6 nitrogen and oxygen atoms in total. The average molecular weight is 288 g/mol. The number of phosphoric ester groups is 1. The van der Waals surface area contributed by atoms with Gasteiger partial charge in [0.25, 0.3) is 0 Å². The van der Waals surface area contributed by atoms with Crippen LogP contribution in [0.15, 0.2) is 24.3 Å². The van der Waals surface area contributed by atoms with Gasteiger partial charge in [0.05, 0.1) is 0 Å². The monoisotopic (exact) mass is 288 g/mol. The number of aliphatic hydroxyl groups excluding tert-OH is 1. The Hall–Kier alpha value is -1.20. The minimum Gasteiger partial charge on any atom is -0.404 e. The molecule has 0 aliphatic rings. The molecule has 1 rings (SSSR count). The molecule has 0 saturated heterocycles. The second kappa shape index (κ2) is 6.82. The van der Waals surface area contributed by atoms with Crippen LogP contribution in [0.3, 0.4) is 0 Å². The number of ketones is 1. The maximum atomic E-state index is 11.5. The minimum absolute atomic E-state index is 0.0157. The van der Waals surface area contributed by atoms with E-state index in [-0.39, 0.29) is 30.5 Å². The highest BCUT2D eigenvalue weighted by atomic mass is 31.2. The summed E-state index contributed by atoms with van der Waals surface area (Å²) in [7, 11) is -4.54. The second-order valence-electron chi connectivity index (χ2n) is 4.27. The molecule has 3 N–H and O–H groups in total. The number of benzene rings is 1. The van der Waals surface area contributed by atoms with Crippen LogP contribution in [-0.4, -0.2) is 27.3 Å². The van der Waals surface area contributed by atoms with E-state index in [0.717, 1.165) is 5.56 Å². The fourth-order valence-corrected chi connectivity index (χ4v) is 2.04. The van der Waals surface area contributed by atoms with Gasteiger partial charge in [-0.15, -0.1) is 0 Å². The molecule has 7 heteroatoms. The van der Waals surface area contributed by atoms with Crippen LogP contribution in [0.4, 0.5) is 0 Å². The summed E-state index contributed by atoms with van der Waals surface area (Å²) in [6, 6.07) is 6.18. The molecule has 0 saturated carbocycles. The first kappa shape index (κ1) is 15.9. The van der Waals surface area contributed by atoms with E-state index < -0.39 is 7.82 Å². The van der Waals surface area contributed by atoms with Crippen molar-refractivity contribution in [2.75, 3.05) is 6.61 Å². The van der Waals surface area contributed by atoms with E-state index in [0.29, 0.717) is 6.42 Å². The van der Waals surface area contributed by atoms with Gasteiger partial charge in [0.1, 0.15) is 11.5 Å². The Morgan fingerprint density at radius 3 is 2.37 bits per heavy atom. The van der Waals surface area contributed by atoms with E-state index in [9.17, 15) is 9.36 Å². The molecule has 1 aromatic carbocycles. The van der Waals surface area contributed by atoms with Crippen molar-refractivity contribution in [3.63, 3.8) is 0 Å². The lowest BCUT2D eigenvalue weighted by molar-refractivity contribution is -0.123. The molecule has 0 aliphatic carbocycles. The Kier molecular flexibility index (Phi) is 5.69. The second-order valence-corrected chi connectivity index (χ2v) is 5.43. The van der Waals surface area contributed by atoms with Gasteiger partial charge in [-0.25, -0.2) is 4.57 Å². The average Bonchev–Trinajstić information content (AvgIpc) is 2.30. The molecule has 0 aliphatic heterocycles. The van der Waals surface area contributed by atoms with Crippen molar-refractivity contribution in [2.24, 2.45) is 5.92 Å². The smallest absolute Gasteiger partial charge is 0.404 e. The number of rotatable bonds is 7. The van der Waals surface area contributed by atoms with Crippen molar-refractivity contribution in [1.29, 1.82) is 0 Å². The molecule has 0 bridgehead atoms. The summed E-state index contributed by atoms with van der Waals surface area (Å²) in [5.41, 5.74) is 0.858. The summed E-state index contributed by atoms with van der Waals surface area (Å²) < 4.78 is 15.0. The Morgan fingerprint density at radius 1 is 1.32 bits per heavy atom. The number of carbonyl (C=O) groups is 1. The topological polar surface area (TPSA) is 104 Å². The maximum absolute atomic E-state index is 11.5. The highest BCUT2D eigenvalue weighted by molar-refractivity contribution is 7.46. The molecule has 0 spiro atoms. The van der Waals surface area contributed by atoms with Gasteiger partial charge >= 0.3 is 7.82 Å². The molecule has 0 radical (unpaired) electrons. The van der Waals surface area contributed by atoms with Gasteiger partial charge in [-0.05, 0) is 24.1 Å². The number of hydrogen-bond acceptors (Lipinski definition) is 4. The number of Topliss-reactive ketones (excluding diaryl/α,β-unsaturated/α-hetero) is 1. The van der Waals surface area contributed by atoms with E-state index >= 15 is 0 Å². The molecule has 0 heterocycles. The van der Waals surface area contributed by atoms with Gasteiger partial charge in [0.2, 0.25) is 0 Å². The molecule has 0 aromatic heterocycles. The molecule has 0 amide bonds. The number of phosphoric acid groups is 1. The van der Waals surface area contributed by atoms with Crippen LogP contribution in [0.2, 0.25) is 0 Å². The first-order valence-electron chi connectivity index (χ1n) is 5.79. The molecule has 0 fully saturated rings. The summed E-state index contributed by atoms with van der Waals surface area (Å²) in [6.45, 7) is 1.62. The van der Waals surface area contributed by atoms with Gasteiger partial charge in [-0.2, -0.15) is 0 Å². The molecule has 106 valence electrons. The number of carbonyl (C=O) groups excluding carboxylic acids is 1.